The first-order valence-corrected chi connectivity index (χ1v) is 11.3. The third-order valence-electron chi connectivity index (χ3n) is 5.60. The summed E-state index contributed by atoms with van der Waals surface area (Å²) in [6.07, 6.45) is 3.80. The molecule has 7 heteroatoms. The molecular formula is C24H24BrN5O. The van der Waals surface area contributed by atoms with Crippen LogP contribution < -0.4 is 5.32 Å². The SMILES string of the molecule is Brc1ccc(-n2cc(-c3ccccc3)c3c(NCCN4CCOCC4)ncnc32)cc1. The molecule has 1 N–H and O–H groups in total. The van der Waals surface area contributed by atoms with E-state index in [4.69, 9.17) is 4.74 Å². The topological polar surface area (TPSA) is 55.2 Å². The van der Waals surface area contributed by atoms with Gasteiger partial charge in [0.05, 0.1) is 18.6 Å². The monoisotopic (exact) mass is 477 g/mol. The molecule has 6 nitrogen and oxygen atoms in total. The lowest BCUT2D eigenvalue weighted by Crippen LogP contribution is -2.39. The second-order valence-electron chi connectivity index (χ2n) is 7.56. The van der Waals surface area contributed by atoms with Gasteiger partial charge >= 0.3 is 0 Å². The molecule has 0 bridgehead atoms. The summed E-state index contributed by atoms with van der Waals surface area (Å²) in [6.45, 7) is 5.37. The number of nitrogens with one attached hydrogen (secondary N) is 1. The molecule has 0 saturated carbocycles. The van der Waals surface area contributed by atoms with Crippen LogP contribution in [0.5, 0.6) is 0 Å². The number of morpholine rings is 1. The first-order chi connectivity index (χ1) is 15.3. The molecule has 0 unspecified atom stereocenters. The van der Waals surface area contributed by atoms with Crippen molar-refractivity contribution < 1.29 is 4.74 Å². The van der Waals surface area contributed by atoms with Crippen LogP contribution >= 0.6 is 15.9 Å². The Labute approximate surface area is 190 Å². The third kappa shape index (κ3) is 4.35. The van der Waals surface area contributed by atoms with Gasteiger partial charge in [0.15, 0.2) is 5.65 Å². The van der Waals surface area contributed by atoms with Crippen LogP contribution in [-0.2, 0) is 4.74 Å². The van der Waals surface area contributed by atoms with Crippen molar-refractivity contribution >= 4 is 32.8 Å². The molecular weight excluding hydrogens is 454 g/mol. The highest BCUT2D eigenvalue weighted by Gasteiger charge is 2.17. The fraction of sp³-hybridized carbons (Fsp3) is 0.250. The maximum Gasteiger partial charge on any atom is 0.150 e. The number of benzene rings is 2. The zero-order chi connectivity index (χ0) is 21.0. The van der Waals surface area contributed by atoms with Gasteiger partial charge in [0.25, 0.3) is 0 Å². The van der Waals surface area contributed by atoms with Crippen molar-refractivity contribution in [2.45, 2.75) is 0 Å². The fourth-order valence-electron chi connectivity index (χ4n) is 3.99. The minimum absolute atomic E-state index is 0.811. The summed E-state index contributed by atoms with van der Waals surface area (Å²) in [4.78, 5) is 11.7. The molecule has 3 heterocycles. The lowest BCUT2D eigenvalue weighted by molar-refractivity contribution is 0.0398. The highest BCUT2D eigenvalue weighted by atomic mass is 79.9. The molecule has 2 aromatic heterocycles. The Morgan fingerprint density at radius 2 is 1.74 bits per heavy atom. The van der Waals surface area contributed by atoms with E-state index in [1.54, 1.807) is 6.33 Å². The number of rotatable bonds is 6. The Hall–Kier alpha value is -2.74. The largest absolute Gasteiger partial charge is 0.379 e. The van der Waals surface area contributed by atoms with E-state index in [2.05, 4.69) is 83.3 Å². The number of aromatic nitrogens is 3. The Kier molecular flexibility index (Phi) is 5.97. The van der Waals surface area contributed by atoms with Crippen LogP contribution in [0.3, 0.4) is 0 Å². The van der Waals surface area contributed by atoms with E-state index in [1.165, 1.54) is 0 Å². The van der Waals surface area contributed by atoms with Gasteiger partial charge in [0, 0.05) is 48.1 Å². The van der Waals surface area contributed by atoms with Gasteiger partial charge in [-0.1, -0.05) is 46.3 Å². The Morgan fingerprint density at radius 1 is 0.968 bits per heavy atom. The Bertz CT molecular complexity index is 1150. The normalized spacial score (nSPS) is 14.7. The van der Waals surface area contributed by atoms with Gasteiger partial charge in [0.1, 0.15) is 12.1 Å². The third-order valence-corrected chi connectivity index (χ3v) is 6.13. The molecule has 4 aromatic rings. The number of hydrogen-bond donors (Lipinski definition) is 1. The average Bonchev–Trinajstić information content (AvgIpc) is 3.21. The summed E-state index contributed by atoms with van der Waals surface area (Å²) in [5.41, 5.74) is 4.22. The van der Waals surface area contributed by atoms with Crippen molar-refractivity contribution in [3.05, 3.63) is 71.6 Å². The van der Waals surface area contributed by atoms with Crippen molar-refractivity contribution in [3.8, 4) is 16.8 Å². The number of nitrogens with zero attached hydrogens (tertiary/aromatic N) is 4. The van der Waals surface area contributed by atoms with Gasteiger partial charge in [-0.05, 0) is 29.8 Å². The van der Waals surface area contributed by atoms with Gasteiger partial charge in [-0.25, -0.2) is 9.97 Å². The van der Waals surface area contributed by atoms with E-state index in [1.807, 2.05) is 18.2 Å². The summed E-state index contributed by atoms with van der Waals surface area (Å²) < 4.78 is 8.64. The van der Waals surface area contributed by atoms with Crippen molar-refractivity contribution in [3.63, 3.8) is 0 Å². The summed E-state index contributed by atoms with van der Waals surface area (Å²) in [6, 6.07) is 18.7. The van der Waals surface area contributed by atoms with Crippen LogP contribution in [0, 0.1) is 0 Å². The number of hydrogen-bond acceptors (Lipinski definition) is 5. The Balaban J connectivity index is 1.54. The molecule has 0 spiro atoms. The second-order valence-corrected chi connectivity index (χ2v) is 8.47. The zero-order valence-corrected chi connectivity index (χ0v) is 18.8. The van der Waals surface area contributed by atoms with Crippen LogP contribution in [0.1, 0.15) is 0 Å². The number of halogens is 1. The first-order valence-electron chi connectivity index (χ1n) is 10.5. The predicted octanol–water partition coefficient (Wildman–Crippen LogP) is 4.59. The van der Waals surface area contributed by atoms with Crippen LogP contribution in [0.25, 0.3) is 27.8 Å². The van der Waals surface area contributed by atoms with E-state index in [-0.39, 0.29) is 0 Å². The molecule has 1 aliphatic rings. The molecule has 1 aliphatic heterocycles. The standard InChI is InChI=1S/C24H24BrN5O/c25-19-6-8-20(9-7-19)30-16-21(18-4-2-1-3-5-18)22-23(27-17-28-24(22)30)26-10-11-29-12-14-31-15-13-29/h1-9,16-17H,10-15H2,(H,26,27,28). The molecule has 1 fully saturated rings. The van der Waals surface area contributed by atoms with E-state index in [9.17, 15) is 0 Å². The van der Waals surface area contributed by atoms with E-state index in [0.717, 1.165) is 77.5 Å². The quantitative estimate of drug-likeness (QED) is 0.439. The molecule has 0 atom stereocenters. The van der Waals surface area contributed by atoms with Gasteiger partial charge < -0.3 is 14.6 Å². The molecule has 0 radical (unpaired) electrons. The average molecular weight is 478 g/mol. The van der Waals surface area contributed by atoms with Gasteiger partial charge in [-0.2, -0.15) is 0 Å². The number of ether oxygens (including phenoxy) is 1. The van der Waals surface area contributed by atoms with Crippen LogP contribution in [0.2, 0.25) is 0 Å². The highest BCUT2D eigenvalue weighted by molar-refractivity contribution is 9.10. The number of anilines is 1. The predicted molar refractivity (Wildman–Crippen MR) is 128 cm³/mol. The maximum atomic E-state index is 5.45. The molecule has 0 aliphatic carbocycles. The van der Waals surface area contributed by atoms with E-state index in [0.29, 0.717) is 0 Å². The number of fused-ring (bicyclic) bond motifs is 1. The molecule has 2 aromatic carbocycles. The summed E-state index contributed by atoms with van der Waals surface area (Å²) in [5, 5.41) is 4.60. The lowest BCUT2D eigenvalue weighted by atomic mass is 10.1. The maximum absolute atomic E-state index is 5.45. The van der Waals surface area contributed by atoms with Crippen LogP contribution in [-0.4, -0.2) is 58.8 Å². The van der Waals surface area contributed by atoms with E-state index >= 15 is 0 Å². The summed E-state index contributed by atoms with van der Waals surface area (Å²) >= 11 is 3.53. The van der Waals surface area contributed by atoms with E-state index < -0.39 is 0 Å². The van der Waals surface area contributed by atoms with Crippen molar-refractivity contribution in [1.82, 2.24) is 19.4 Å². The van der Waals surface area contributed by atoms with Gasteiger partial charge in [-0.15, -0.1) is 0 Å². The highest BCUT2D eigenvalue weighted by Crippen LogP contribution is 2.35. The molecule has 1 saturated heterocycles. The second kappa shape index (κ2) is 9.18. The molecule has 0 amide bonds. The summed E-state index contributed by atoms with van der Waals surface area (Å²) in [5.74, 6) is 0.868. The van der Waals surface area contributed by atoms with Crippen molar-refractivity contribution in [2.24, 2.45) is 0 Å². The zero-order valence-electron chi connectivity index (χ0n) is 17.2. The summed E-state index contributed by atoms with van der Waals surface area (Å²) in [7, 11) is 0. The minimum Gasteiger partial charge on any atom is -0.379 e. The van der Waals surface area contributed by atoms with Crippen molar-refractivity contribution in [1.29, 1.82) is 0 Å². The van der Waals surface area contributed by atoms with Gasteiger partial charge in [-0.3, -0.25) is 4.90 Å². The Morgan fingerprint density at radius 3 is 2.52 bits per heavy atom. The van der Waals surface area contributed by atoms with Crippen molar-refractivity contribution in [2.75, 3.05) is 44.7 Å². The smallest absolute Gasteiger partial charge is 0.150 e. The van der Waals surface area contributed by atoms with Gasteiger partial charge in [0.2, 0.25) is 0 Å². The molecule has 5 rings (SSSR count). The lowest BCUT2D eigenvalue weighted by Gasteiger charge is -2.26. The van der Waals surface area contributed by atoms with Crippen LogP contribution in [0.15, 0.2) is 71.6 Å². The first kappa shape index (κ1) is 20.2. The molecule has 31 heavy (non-hydrogen) atoms. The minimum atomic E-state index is 0.811. The van der Waals surface area contributed by atoms with Crippen LogP contribution in [0.4, 0.5) is 5.82 Å². The fourth-order valence-corrected chi connectivity index (χ4v) is 4.25. The molecule has 158 valence electrons.